The molecule has 1 aromatic carbocycles. The van der Waals surface area contributed by atoms with Crippen LogP contribution in [0, 0.1) is 6.92 Å². The average molecular weight is 380 g/mol. The Morgan fingerprint density at radius 1 is 1.29 bits per heavy atom. The van der Waals surface area contributed by atoms with Gasteiger partial charge in [-0.3, -0.25) is 9.69 Å². The number of aryl methyl sites for hydroxylation is 1. The number of carbonyl (C=O) groups excluding carboxylic acids is 1. The van der Waals surface area contributed by atoms with E-state index in [9.17, 15) is 4.79 Å². The highest BCUT2D eigenvalue weighted by Crippen LogP contribution is 2.40. The molecule has 1 saturated heterocycles. The Labute approximate surface area is 166 Å². The molecule has 6 nitrogen and oxygen atoms in total. The molecule has 28 heavy (non-hydrogen) atoms. The number of amides is 1. The summed E-state index contributed by atoms with van der Waals surface area (Å²) < 4.78 is 5.59. The lowest BCUT2D eigenvalue weighted by atomic mass is 10.0. The summed E-state index contributed by atoms with van der Waals surface area (Å²) in [5, 5.41) is 3.15. The van der Waals surface area contributed by atoms with Crippen LogP contribution in [0.3, 0.4) is 0 Å². The molecule has 4 rings (SSSR count). The number of likely N-dealkylation sites (tertiary alicyclic amines) is 1. The monoisotopic (exact) mass is 380 g/mol. The van der Waals surface area contributed by atoms with Crippen molar-refractivity contribution in [3.8, 4) is 5.75 Å². The van der Waals surface area contributed by atoms with Gasteiger partial charge in [0.15, 0.2) is 0 Å². The number of hydrogen-bond acceptors (Lipinski definition) is 5. The topological polar surface area (TPSA) is 67.3 Å². The zero-order valence-electron chi connectivity index (χ0n) is 16.6. The van der Waals surface area contributed by atoms with E-state index in [-0.39, 0.29) is 11.9 Å². The normalized spacial score (nSPS) is 18.1. The second kappa shape index (κ2) is 8.27. The Hall–Kier alpha value is -2.47. The molecule has 1 saturated carbocycles. The Balaban J connectivity index is 1.54. The molecule has 6 heteroatoms. The number of ether oxygens (including phenoxy) is 1. The number of aromatic nitrogens is 2. The molecular formula is C22H28N4O2. The van der Waals surface area contributed by atoms with Crippen LogP contribution in [0.4, 0.5) is 0 Å². The molecule has 1 aliphatic carbocycles. The Morgan fingerprint density at radius 2 is 2.04 bits per heavy atom. The molecule has 1 atom stereocenters. The van der Waals surface area contributed by atoms with Gasteiger partial charge in [0.1, 0.15) is 11.6 Å². The first kappa shape index (κ1) is 18.9. The minimum atomic E-state index is -0.0824. The van der Waals surface area contributed by atoms with Crippen LogP contribution in [-0.4, -0.2) is 47.5 Å². The van der Waals surface area contributed by atoms with Gasteiger partial charge in [0.05, 0.1) is 24.4 Å². The van der Waals surface area contributed by atoms with E-state index in [1.807, 2.05) is 25.1 Å². The van der Waals surface area contributed by atoms with Crippen LogP contribution in [0.1, 0.15) is 65.1 Å². The van der Waals surface area contributed by atoms with Crippen molar-refractivity contribution in [2.45, 2.75) is 44.6 Å². The van der Waals surface area contributed by atoms with Crippen molar-refractivity contribution in [3.63, 3.8) is 0 Å². The van der Waals surface area contributed by atoms with E-state index in [2.05, 4.69) is 26.3 Å². The van der Waals surface area contributed by atoms with Crippen LogP contribution < -0.4 is 10.1 Å². The summed E-state index contributed by atoms with van der Waals surface area (Å²) in [6, 6.07) is 8.19. The maximum absolute atomic E-state index is 13.0. The van der Waals surface area contributed by atoms with Gasteiger partial charge in [-0.05, 0) is 51.8 Å². The van der Waals surface area contributed by atoms with E-state index in [0.29, 0.717) is 18.0 Å². The molecule has 1 amide bonds. The predicted octanol–water partition coefficient (Wildman–Crippen LogP) is 3.24. The van der Waals surface area contributed by atoms with Gasteiger partial charge >= 0.3 is 0 Å². The van der Waals surface area contributed by atoms with Crippen LogP contribution in [-0.2, 0) is 0 Å². The van der Waals surface area contributed by atoms with Gasteiger partial charge in [-0.25, -0.2) is 9.97 Å². The van der Waals surface area contributed by atoms with Crippen molar-refractivity contribution in [1.82, 2.24) is 20.2 Å². The predicted molar refractivity (Wildman–Crippen MR) is 108 cm³/mol. The first-order valence-corrected chi connectivity index (χ1v) is 10.2. The number of methoxy groups -OCH3 is 1. The largest absolute Gasteiger partial charge is 0.496 e. The van der Waals surface area contributed by atoms with Gasteiger partial charge in [-0.1, -0.05) is 18.2 Å². The molecule has 1 aromatic heterocycles. The third-order valence-electron chi connectivity index (χ3n) is 5.68. The standard InChI is InChI=1S/C22H28N4O2/c1-15-23-13-18(21(25-15)16-9-10-16)22(27)24-14-19(26-11-5-6-12-26)17-7-3-4-8-20(17)28-2/h3-4,7-8,13,16,19H,5-6,9-12,14H2,1-2H3,(H,24,27). The third kappa shape index (κ3) is 4.02. The second-order valence-corrected chi connectivity index (χ2v) is 7.70. The van der Waals surface area contributed by atoms with Crippen molar-refractivity contribution in [1.29, 1.82) is 0 Å². The number of carbonyl (C=O) groups is 1. The number of hydrogen-bond donors (Lipinski definition) is 1. The lowest BCUT2D eigenvalue weighted by Gasteiger charge is -2.29. The molecule has 1 unspecified atom stereocenters. The third-order valence-corrected chi connectivity index (χ3v) is 5.68. The maximum Gasteiger partial charge on any atom is 0.254 e. The fourth-order valence-corrected chi connectivity index (χ4v) is 4.05. The van der Waals surface area contributed by atoms with Crippen molar-refractivity contribution in [2.24, 2.45) is 0 Å². The van der Waals surface area contributed by atoms with E-state index in [0.717, 1.165) is 48.8 Å². The first-order valence-electron chi connectivity index (χ1n) is 10.2. The van der Waals surface area contributed by atoms with Crippen LogP contribution in [0.15, 0.2) is 30.5 Å². The quantitative estimate of drug-likeness (QED) is 0.799. The molecule has 0 spiro atoms. The second-order valence-electron chi connectivity index (χ2n) is 7.70. The summed E-state index contributed by atoms with van der Waals surface area (Å²) in [7, 11) is 1.70. The molecule has 2 aromatic rings. The fourth-order valence-electron chi connectivity index (χ4n) is 4.05. The molecule has 0 bridgehead atoms. The molecular weight excluding hydrogens is 352 g/mol. The van der Waals surface area contributed by atoms with Crippen molar-refractivity contribution in [2.75, 3.05) is 26.7 Å². The van der Waals surface area contributed by atoms with E-state index in [4.69, 9.17) is 4.74 Å². The highest BCUT2D eigenvalue weighted by Gasteiger charge is 2.31. The molecule has 2 heterocycles. The summed E-state index contributed by atoms with van der Waals surface area (Å²) in [6.45, 7) is 4.49. The average Bonchev–Trinajstić information content (AvgIpc) is 3.43. The number of para-hydroxylation sites is 1. The number of nitrogens with one attached hydrogen (secondary N) is 1. The van der Waals surface area contributed by atoms with Gasteiger partial charge in [0, 0.05) is 24.2 Å². The van der Waals surface area contributed by atoms with Crippen molar-refractivity contribution >= 4 is 5.91 Å². The van der Waals surface area contributed by atoms with E-state index in [1.165, 1.54) is 12.8 Å². The molecule has 2 aliphatic rings. The zero-order chi connectivity index (χ0) is 19.5. The summed E-state index contributed by atoms with van der Waals surface area (Å²) in [5.74, 6) is 1.92. The molecule has 1 aliphatic heterocycles. The van der Waals surface area contributed by atoms with Crippen LogP contribution in [0.5, 0.6) is 5.75 Å². The Bertz CT molecular complexity index is 844. The fraction of sp³-hybridized carbons (Fsp3) is 0.500. The van der Waals surface area contributed by atoms with Gasteiger partial charge in [0.25, 0.3) is 5.91 Å². The highest BCUT2D eigenvalue weighted by atomic mass is 16.5. The summed E-state index contributed by atoms with van der Waals surface area (Å²) in [4.78, 5) is 24.2. The zero-order valence-corrected chi connectivity index (χ0v) is 16.6. The number of benzene rings is 1. The number of rotatable bonds is 7. The summed E-state index contributed by atoms with van der Waals surface area (Å²) >= 11 is 0. The summed E-state index contributed by atoms with van der Waals surface area (Å²) in [6.07, 6.45) is 6.27. The number of nitrogens with zero attached hydrogens (tertiary/aromatic N) is 3. The van der Waals surface area contributed by atoms with Crippen LogP contribution in [0.2, 0.25) is 0 Å². The van der Waals surface area contributed by atoms with Crippen molar-refractivity contribution in [3.05, 3.63) is 53.1 Å². The first-order chi connectivity index (χ1) is 13.7. The van der Waals surface area contributed by atoms with Gasteiger partial charge < -0.3 is 10.1 Å². The lowest BCUT2D eigenvalue weighted by molar-refractivity contribution is 0.0935. The maximum atomic E-state index is 13.0. The SMILES string of the molecule is COc1ccccc1C(CNC(=O)c1cnc(C)nc1C1CC1)N1CCCC1. The molecule has 148 valence electrons. The van der Waals surface area contributed by atoms with Crippen LogP contribution in [0.25, 0.3) is 0 Å². The van der Waals surface area contributed by atoms with E-state index in [1.54, 1.807) is 13.3 Å². The van der Waals surface area contributed by atoms with Gasteiger partial charge in [0.2, 0.25) is 0 Å². The minimum absolute atomic E-state index is 0.0824. The molecule has 0 radical (unpaired) electrons. The summed E-state index contributed by atoms with van der Waals surface area (Å²) in [5.41, 5.74) is 2.64. The Morgan fingerprint density at radius 3 is 2.75 bits per heavy atom. The molecule has 1 N–H and O–H groups in total. The smallest absolute Gasteiger partial charge is 0.254 e. The van der Waals surface area contributed by atoms with E-state index < -0.39 is 0 Å². The highest BCUT2D eigenvalue weighted by molar-refractivity contribution is 5.95. The minimum Gasteiger partial charge on any atom is -0.496 e. The van der Waals surface area contributed by atoms with E-state index >= 15 is 0 Å². The van der Waals surface area contributed by atoms with Gasteiger partial charge in [-0.2, -0.15) is 0 Å². The van der Waals surface area contributed by atoms with Crippen LogP contribution >= 0.6 is 0 Å². The van der Waals surface area contributed by atoms with Gasteiger partial charge in [-0.15, -0.1) is 0 Å². The van der Waals surface area contributed by atoms with Crippen molar-refractivity contribution < 1.29 is 9.53 Å². The Kier molecular flexibility index (Phi) is 5.57. The lowest BCUT2D eigenvalue weighted by Crippen LogP contribution is -2.37. The molecule has 2 fully saturated rings.